The molecule has 0 aromatic heterocycles. The Hall–Kier alpha value is -0.350. The van der Waals surface area contributed by atoms with Crippen molar-refractivity contribution in [2.45, 2.75) is 25.7 Å². The van der Waals surface area contributed by atoms with Crippen molar-refractivity contribution in [3.8, 4) is 0 Å². The SMILES string of the molecule is O=C(CCc1cccc(Cl)c1Br)CCc1cccc(Cl)c1Br. The molecule has 2 aromatic carbocycles. The van der Waals surface area contributed by atoms with Gasteiger partial charge in [-0.25, -0.2) is 0 Å². The third-order valence-corrected chi connectivity index (χ3v) is 6.37. The molecule has 5 heteroatoms. The molecule has 0 aliphatic rings. The molecule has 0 saturated heterocycles. The molecule has 2 rings (SSSR count). The molecule has 22 heavy (non-hydrogen) atoms. The quantitative estimate of drug-likeness (QED) is 0.467. The minimum Gasteiger partial charge on any atom is -0.300 e. The van der Waals surface area contributed by atoms with Crippen molar-refractivity contribution in [1.82, 2.24) is 0 Å². The van der Waals surface area contributed by atoms with Gasteiger partial charge in [0.05, 0.1) is 10.0 Å². The van der Waals surface area contributed by atoms with Crippen LogP contribution in [-0.2, 0) is 17.6 Å². The van der Waals surface area contributed by atoms with Crippen LogP contribution in [0.5, 0.6) is 0 Å². The summed E-state index contributed by atoms with van der Waals surface area (Å²) in [6, 6.07) is 11.4. The van der Waals surface area contributed by atoms with E-state index in [2.05, 4.69) is 31.9 Å². The zero-order valence-electron chi connectivity index (χ0n) is 11.7. The molecule has 0 aliphatic carbocycles. The van der Waals surface area contributed by atoms with Crippen molar-refractivity contribution in [1.29, 1.82) is 0 Å². The Bertz CT molecular complexity index is 629. The Morgan fingerprint density at radius 1 is 0.818 bits per heavy atom. The first-order chi connectivity index (χ1) is 10.5. The summed E-state index contributed by atoms with van der Waals surface area (Å²) in [4.78, 5) is 12.1. The van der Waals surface area contributed by atoms with Gasteiger partial charge in [-0.2, -0.15) is 0 Å². The topological polar surface area (TPSA) is 17.1 Å². The van der Waals surface area contributed by atoms with Crippen molar-refractivity contribution in [2.75, 3.05) is 0 Å². The fourth-order valence-electron chi connectivity index (χ4n) is 2.16. The molecule has 2 aromatic rings. The Kier molecular flexibility index (Phi) is 6.94. The van der Waals surface area contributed by atoms with Crippen LogP contribution >= 0.6 is 55.1 Å². The molecule has 0 radical (unpaired) electrons. The van der Waals surface area contributed by atoms with Gasteiger partial charge in [-0.15, -0.1) is 0 Å². The van der Waals surface area contributed by atoms with Crippen LogP contribution in [0.15, 0.2) is 45.3 Å². The lowest BCUT2D eigenvalue weighted by atomic mass is 10.0. The fraction of sp³-hybridized carbons (Fsp3) is 0.235. The Morgan fingerprint density at radius 3 is 1.64 bits per heavy atom. The largest absolute Gasteiger partial charge is 0.300 e. The molecule has 0 spiro atoms. The number of carbonyl (C=O) groups is 1. The zero-order valence-corrected chi connectivity index (χ0v) is 16.4. The van der Waals surface area contributed by atoms with Crippen molar-refractivity contribution < 1.29 is 4.79 Å². The standard InChI is InChI=1S/C17H14Br2Cl2O/c18-16-11(3-1-5-14(16)20)7-9-13(22)10-8-12-4-2-6-15(21)17(12)19/h1-6H,7-10H2. The van der Waals surface area contributed by atoms with E-state index in [1.807, 2.05) is 36.4 Å². The van der Waals surface area contributed by atoms with E-state index in [4.69, 9.17) is 23.2 Å². The summed E-state index contributed by atoms with van der Waals surface area (Å²) < 4.78 is 1.75. The van der Waals surface area contributed by atoms with Gasteiger partial charge in [-0.3, -0.25) is 4.79 Å². The predicted molar refractivity (Wildman–Crippen MR) is 100.0 cm³/mol. The summed E-state index contributed by atoms with van der Waals surface area (Å²) in [7, 11) is 0. The van der Waals surface area contributed by atoms with Gasteiger partial charge in [0.1, 0.15) is 5.78 Å². The van der Waals surface area contributed by atoms with E-state index in [0.717, 1.165) is 20.1 Å². The number of hydrogen-bond acceptors (Lipinski definition) is 1. The van der Waals surface area contributed by atoms with Crippen LogP contribution in [0.3, 0.4) is 0 Å². The zero-order chi connectivity index (χ0) is 16.1. The second kappa shape index (κ2) is 8.49. The average Bonchev–Trinajstić information content (AvgIpc) is 2.50. The van der Waals surface area contributed by atoms with Crippen molar-refractivity contribution in [2.24, 2.45) is 0 Å². The van der Waals surface area contributed by atoms with Crippen molar-refractivity contribution >= 4 is 60.8 Å². The third-order valence-electron chi connectivity index (χ3n) is 3.41. The van der Waals surface area contributed by atoms with Crippen LogP contribution in [0.1, 0.15) is 24.0 Å². The number of halogens is 4. The van der Waals surface area contributed by atoms with E-state index in [1.165, 1.54) is 0 Å². The highest BCUT2D eigenvalue weighted by Crippen LogP contribution is 2.28. The number of benzene rings is 2. The van der Waals surface area contributed by atoms with Gasteiger partial charge in [0, 0.05) is 21.8 Å². The molecule has 0 unspecified atom stereocenters. The molecule has 0 heterocycles. The van der Waals surface area contributed by atoms with E-state index in [1.54, 1.807) is 0 Å². The van der Waals surface area contributed by atoms with Crippen LogP contribution in [0, 0.1) is 0 Å². The fourth-order valence-corrected chi connectivity index (χ4v) is 3.47. The van der Waals surface area contributed by atoms with Gasteiger partial charge in [0.25, 0.3) is 0 Å². The summed E-state index contributed by atoms with van der Waals surface area (Å²) >= 11 is 19.0. The first-order valence-corrected chi connectivity index (χ1v) is 9.20. The molecule has 0 fully saturated rings. The normalized spacial score (nSPS) is 10.7. The van der Waals surface area contributed by atoms with Crippen molar-refractivity contribution in [3.63, 3.8) is 0 Å². The van der Waals surface area contributed by atoms with E-state index >= 15 is 0 Å². The number of rotatable bonds is 6. The molecule has 0 amide bonds. The lowest BCUT2D eigenvalue weighted by molar-refractivity contribution is -0.119. The van der Waals surface area contributed by atoms with Gasteiger partial charge in [-0.1, -0.05) is 47.5 Å². The van der Waals surface area contributed by atoms with Gasteiger partial charge in [0.2, 0.25) is 0 Å². The lowest BCUT2D eigenvalue weighted by Crippen LogP contribution is -2.03. The maximum atomic E-state index is 12.1. The van der Waals surface area contributed by atoms with E-state index < -0.39 is 0 Å². The third kappa shape index (κ3) is 4.82. The number of hydrogen-bond donors (Lipinski definition) is 0. The highest BCUT2D eigenvalue weighted by atomic mass is 79.9. The number of carbonyl (C=O) groups excluding carboxylic acids is 1. The number of aryl methyl sites for hydroxylation is 2. The Morgan fingerprint density at radius 2 is 1.23 bits per heavy atom. The maximum absolute atomic E-state index is 12.1. The Labute approximate surface area is 157 Å². The molecular weight excluding hydrogens is 451 g/mol. The molecule has 0 atom stereocenters. The monoisotopic (exact) mass is 462 g/mol. The maximum Gasteiger partial charge on any atom is 0.133 e. The van der Waals surface area contributed by atoms with Crippen LogP contribution in [0.25, 0.3) is 0 Å². The highest BCUT2D eigenvalue weighted by Gasteiger charge is 2.09. The molecule has 0 aliphatic heterocycles. The summed E-state index contributed by atoms with van der Waals surface area (Å²) in [5.74, 6) is 0.235. The predicted octanol–water partition coefficient (Wildman–Crippen LogP) is 6.65. The molecule has 0 saturated carbocycles. The summed E-state index contributed by atoms with van der Waals surface area (Å²) in [5, 5.41) is 1.35. The van der Waals surface area contributed by atoms with E-state index in [-0.39, 0.29) is 5.78 Å². The number of ketones is 1. The van der Waals surface area contributed by atoms with Crippen molar-refractivity contribution in [3.05, 3.63) is 66.5 Å². The van der Waals surface area contributed by atoms with Gasteiger partial charge in [0.15, 0.2) is 0 Å². The molecular formula is C17H14Br2Cl2O. The van der Waals surface area contributed by atoms with Gasteiger partial charge in [-0.05, 0) is 68.0 Å². The summed E-state index contributed by atoms with van der Waals surface area (Å²) in [6.07, 6.45) is 2.40. The number of Topliss-reactive ketones (excluding diaryl/α,β-unsaturated/α-hetero) is 1. The Balaban J connectivity index is 1.88. The van der Waals surface area contributed by atoms with E-state index in [0.29, 0.717) is 35.7 Å². The molecule has 1 nitrogen and oxygen atoms in total. The van der Waals surface area contributed by atoms with Crippen LogP contribution in [0.2, 0.25) is 10.0 Å². The second-order valence-electron chi connectivity index (χ2n) is 4.96. The first-order valence-electron chi connectivity index (χ1n) is 6.86. The summed E-state index contributed by atoms with van der Waals surface area (Å²) in [5.41, 5.74) is 2.12. The minimum absolute atomic E-state index is 0.235. The summed E-state index contributed by atoms with van der Waals surface area (Å²) in [6.45, 7) is 0. The lowest BCUT2D eigenvalue weighted by Gasteiger charge is -2.07. The average molecular weight is 465 g/mol. The van der Waals surface area contributed by atoms with E-state index in [9.17, 15) is 4.79 Å². The van der Waals surface area contributed by atoms with Crippen LogP contribution in [0.4, 0.5) is 0 Å². The van der Waals surface area contributed by atoms with Crippen LogP contribution in [-0.4, -0.2) is 5.78 Å². The highest BCUT2D eigenvalue weighted by molar-refractivity contribution is 9.11. The van der Waals surface area contributed by atoms with Gasteiger partial charge < -0.3 is 0 Å². The molecule has 0 bridgehead atoms. The molecule has 116 valence electrons. The molecule has 0 N–H and O–H groups in total. The first kappa shape index (κ1) is 18.0. The smallest absolute Gasteiger partial charge is 0.133 e. The second-order valence-corrected chi connectivity index (χ2v) is 7.36. The minimum atomic E-state index is 0.235. The van der Waals surface area contributed by atoms with Crippen LogP contribution < -0.4 is 0 Å². The van der Waals surface area contributed by atoms with Gasteiger partial charge >= 0.3 is 0 Å².